The Morgan fingerprint density at radius 1 is 1.57 bits per heavy atom. The van der Waals surface area contributed by atoms with Crippen LogP contribution in [0.25, 0.3) is 5.82 Å². The van der Waals surface area contributed by atoms with Crippen LogP contribution in [0.5, 0.6) is 0 Å². The molecule has 14 heavy (non-hydrogen) atoms. The first-order chi connectivity index (χ1) is 6.70. The minimum Gasteiger partial charge on any atom is -0.475 e. The number of hydrogen-bond acceptors (Lipinski definition) is 4. The summed E-state index contributed by atoms with van der Waals surface area (Å²) in [5, 5.41) is 16.2. The summed E-state index contributed by atoms with van der Waals surface area (Å²) in [7, 11) is 1.67. The Balaban J connectivity index is 2.57. The number of hydrogen-bond donors (Lipinski definition) is 1. The molecule has 0 aliphatic carbocycles. The van der Waals surface area contributed by atoms with Crippen molar-refractivity contribution in [3.05, 3.63) is 24.4 Å². The van der Waals surface area contributed by atoms with Gasteiger partial charge in [0.1, 0.15) is 0 Å². The number of aryl methyl sites for hydroxylation is 1. The molecule has 2 rings (SSSR count). The second kappa shape index (κ2) is 2.95. The zero-order valence-corrected chi connectivity index (χ0v) is 7.32. The highest BCUT2D eigenvalue weighted by Crippen LogP contribution is 2.07. The average Bonchev–Trinajstić information content (AvgIpc) is 2.70. The Bertz CT molecular complexity index is 472. The highest BCUT2D eigenvalue weighted by molar-refractivity contribution is 5.84. The molecule has 0 amide bonds. The van der Waals surface area contributed by atoms with E-state index in [1.165, 1.54) is 21.6 Å². The molecular formula is C7H7N5O2. The van der Waals surface area contributed by atoms with Crippen LogP contribution in [0.15, 0.2) is 18.6 Å². The predicted molar refractivity (Wildman–Crippen MR) is 45.1 cm³/mol. The van der Waals surface area contributed by atoms with E-state index in [2.05, 4.69) is 15.3 Å². The van der Waals surface area contributed by atoms with Crippen molar-refractivity contribution in [2.24, 2.45) is 7.05 Å². The molecular weight excluding hydrogens is 186 g/mol. The summed E-state index contributed by atoms with van der Waals surface area (Å²) in [6.07, 6.45) is 4.42. The van der Waals surface area contributed by atoms with Crippen LogP contribution in [0.4, 0.5) is 0 Å². The van der Waals surface area contributed by atoms with Gasteiger partial charge in [0.15, 0.2) is 5.82 Å². The van der Waals surface area contributed by atoms with E-state index in [-0.39, 0.29) is 5.82 Å². The highest BCUT2D eigenvalue weighted by Gasteiger charge is 2.14. The van der Waals surface area contributed by atoms with Crippen molar-refractivity contribution >= 4 is 5.97 Å². The largest absolute Gasteiger partial charge is 0.475 e. The maximum absolute atomic E-state index is 10.8. The SMILES string of the molecule is Cn1nncc1-n1ccnc1C(=O)O. The van der Waals surface area contributed by atoms with Gasteiger partial charge in [0.2, 0.25) is 5.82 Å². The Kier molecular flexibility index (Phi) is 1.77. The molecule has 0 fully saturated rings. The van der Waals surface area contributed by atoms with Crippen LogP contribution in [0.3, 0.4) is 0 Å². The van der Waals surface area contributed by atoms with Crippen molar-refractivity contribution in [3.8, 4) is 5.82 Å². The molecule has 1 N–H and O–H groups in total. The lowest BCUT2D eigenvalue weighted by Crippen LogP contribution is -2.10. The quantitative estimate of drug-likeness (QED) is 0.707. The molecule has 0 radical (unpaired) electrons. The molecule has 0 aliphatic rings. The number of aromatic nitrogens is 5. The van der Waals surface area contributed by atoms with Gasteiger partial charge < -0.3 is 5.11 Å². The van der Waals surface area contributed by atoms with E-state index in [0.29, 0.717) is 5.82 Å². The van der Waals surface area contributed by atoms with Crippen molar-refractivity contribution in [2.45, 2.75) is 0 Å². The monoisotopic (exact) mass is 193 g/mol. The number of nitrogens with zero attached hydrogens (tertiary/aromatic N) is 5. The van der Waals surface area contributed by atoms with Crippen molar-refractivity contribution in [2.75, 3.05) is 0 Å². The first-order valence-corrected chi connectivity index (χ1v) is 3.82. The maximum atomic E-state index is 10.8. The summed E-state index contributed by atoms with van der Waals surface area (Å²) in [4.78, 5) is 14.5. The lowest BCUT2D eigenvalue weighted by Gasteiger charge is -2.02. The molecule has 7 nitrogen and oxygen atoms in total. The minimum absolute atomic E-state index is 0.0598. The number of rotatable bonds is 2. The van der Waals surface area contributed by atoms with Gasteiger partial charge in [0, 0.05) is 19.4 Å². The number of carboxylic acids is 1. The molecule has 0 bridgehead atoms. The number of carboxylic acid groups (broad SMARTS) is 1. The van der Waals surface area contributed by atoms with E-state index in [1.807, 2.05) is 0 Å². The Morgan fingerprint density at radius 2 is 2.36 bits per heavy atom. The fourth-order valence-electron chi connectivity index (χ4n) is 1.15. The summed E-state index contributed by atoms with van der Waals surface area (Å²) >= 11 is 0. The third-order valence-electron chi connectivity index (χ3n) is 1.77. The first kappa shape index (κ1) is 8.42. The van der Waals surface area contributed by atoms with Crippen LogP contribution in [0.2, 0.25) is 0 Å². The average molecular weight is 193 g/mol. The van der Waals surface area contributed by atoms with Gasteiger partial charge in [-0.2, -0.15) is 0 Å². The zero-order chi connectivity index (χ0) is 10.1. The van der Waals surface area contributed by atoms with Crippen LogP contribution in [0.1, 0.15) is 10.6 Å². The number of carbonyl (C=O) groups is 1. The Morgan fingerprint density at radius 3 is 2.93 bits per heavy atom. The molecule has 0 spiro atoms. The van der Waals surface area contributed by atoms with Crippen LogP contribution in [0, 0.1) is 0 Å². The lowest BCUT2D eigenvalue weighted by molar-refractivity contribution is 0.0681. The molecule has 72 valence electrons. The Labute approximate surface area is 78.6 Å². The van der Waals surface area contributed by atoms with Crippen LogP contribution < -0.4 is 0 Å². The topological polar surface area (TPSA) is 85.8 Å². The molecule has 0 aromatic carbocycles. The van der Waals surface area contributed by atoms with E-state index in [0.717, 1.165) is 0 Å². The normalized spacial score (nSPS) is 10.4. The first-order valence-electron chi connectivity index (χ1n) is 3.82. The summed E-state index contributed by atoms with van der Waals surface area (Å²) < 4.78 is 2.87. The van der Waals surface area contributed by atoms with Gasteiger partial charge in [-0.1, -0.05) is 5.21 Å². The van der Waals surface area contributed by atoms with E-state index in [1.54, 1.807) is 13.2 Å². The van der Waals surface area contributed by atoms with Crippen molar-refractivity contribution in [3.63, 3.8) is 0 Å². The highest BCUT2D eigenvalue weighted by atomic mass is 16.4. The molecule has 2 heterocycles. The summed E-state index contributed by atoms with van der Waals surface area (Å²) in [6, 6.07) is 0. The van der Waals surface area contributed by atoms with Gasteiger partial charge in [-0.15, -0.1) is 5.10 Å². The van der Waals surface area contributed by atoms with Gasteiger partial charge in [-0.3, -0.25) is 4.57 Å². The third kappa shape index (κ3) is 1.15. The molecule has 2 aromatic rings. The summed E-state index contributed by atoms with van der Waals surface area (Å²) in [5.74, 6) is -0.591. The van der Waals surface area contributed by atoms with Crippen LogP contribution >= 0.6 is 0 Å². The summed E-state index contributed by atoms with van der Waals surface area (Å²) in [6.45, 7) is 0. The second-order valence-corrected chi connectivity index (χ2v) is 2.64. The van der Waals surface area contributed by atoms with Gasteiger partial charge in [-0.05, 0) is 0 Å². The molecule has 0 atom stereocenters. The van der Waals surface area contributed by atoms with Gasteiger partial charge >= 0.3 is 5.97 Å². The number of aromatic carboxylic acids is 1. The third-order valence-corrected chi connectivity index (χ3v) is 1.77. The van der Waals surface area contributed by atoms with E-state index in [4.69, 9.17) is 5.11 Å². The standard InChI is InChI=1S/C7H7N5O2/c1-11-5(4-9-10-11)12-3-2-8-6(12)7(13)14/h2-4H,1H3,(H,13,14). The molecule has 0 aliphatic heterocycles. The molecule has 0 unspecified atom stereocenters. The fourth-order valence-corrected chi connectivity index (χ4v) is 1.15. The molecule has 2 aromatic heterocycles. The van der Waals surface area contributed by atoms with Crippen LogP contribution in [-0.4, -0.2) is 35.6 Å². The lowest BCUT2D eigenvalue weighted by atomic mass is 10.5. The predicted octanol–water partition coefficient (Wildman–Crippen LogP) is -0.301. The van der Waals surface area contributed by atoms with Crippen molar-refractivity contribution in [1.82, 2.24) is 24.5 Å². The number of imidazole rings is 1. The zero-order valence-electron chi connectivity index (χ0n) is 7.32. The van der Waals surface area contributed by atoms with Gasteiger partial charge in [0.05, 0.1) is 6.20 Å². The maximum Gasteiger partial charge on any atom is 0.372 e. The molecule has 0 saturated carbocycles. The van der Waals surface area contributed by atoms with Gasteiger partial charge in [0.25, 0.3) is 0 Å². The van der Waals surface area contributed by atoms with Crippen LogP contribution in [-0.2, 0) is 7.05 Å². The summed E-state index contributed by atoms with van der Waals surface area (Å²) in [5.41, 5.74) is 0. The van der Waals surface area contributed by atoms with E-state index in [9.17, 15) is 4.79 Å². The van der Waals surface area contributed by atoms with Gasteiger partial charge in [-0.25, -0.2) is 14.5 Å². The van der Waals surface area contributed by atoms with E-state index < -0.39 is 5.97 Å². The Hall–Kier alpha value is -2.18. The van der Waals surface area contributed by atoms with Crippen molar-refractivity contribution in [1.29, 1.82) is 0 Å². The fraction of sp³-hybridized carbons (Fsp3) is 0.143. The second-order valence-electron chi connectivity index (χ2n) is 2.64. The molecule has 7 heteroatoms. The smallest absolute Gasteiger partial charge is 0.372 e. The molecule has 0 saturated heterocycles. The van der Waals surface area contributed by atoms with E-state index >= 15 is 0 Å². The van der Waals surface area contributed by atoms with Crippen molar-refractivity contribution < 1.29 is 9.90 Å². The minimum atomic E-state index is -1.09.